The number of nitrogens with one attached hydrogen (secondary N) is 2. The molecular weight excluding hydrogens is 104 g/mol. The maximum absolute atomic E-state index is 6.68. The standard InChI is InChI=1S/C5H9N2O/c6-3-5-4-7-1-2-8-5/h5-7H,1-2,4H2. The predicted molar refractivity (Wildman–Crippen MR) is 30.3 cm³/mol. The summed E-state index contributed by atoms with van der Waals surface area (Å²) in [7, 11) is 0. The van der Waals surface area contributed by atoms with Gasteiger partial charge in [-0.25, -0.2) is 0 Å². The summed E-state index contributed by atoms with van der Waals surface area (Å²) in [5.41, 5.74) is 0. The molecule has 1 aliphatic rings. The van der Waals surface area contributed by atoms with Crippen molar-refractivity contribution in [3.05, 3.63) is 0 Å². The zero-order valence-electron chi connectivity index (χ0n) is 4.61. The van der Waals surface area contributed by atoms with Crippen LogP contribution < -0.4 is 5.32 Å². The fourth-order valence-corrected chi connectivity index (χ4v) is 0.658. The second-order valence-electron chi connectivity index (χ2n) is 1.71. The molecule has 0 saturated carbocycles. The Morgan fingerprint density at radius 2 is 2.62 bits per heavy atom. The third-order valence-corrected chi connectivity index (χ3v) is 1.09. The zero-order valence-corrected chi connectivity index (χ0v) is 4.61. The molecule has 1 heterocycles. The van der Waals surface area contributed by atoms with Crippen LogP contribution in [0.2, 0.25) is 0 Å². The van der Waals surface area contributed by atoms with E-state index < -0.39 is 0 Å². The van der Waals surface area contributed by atoms with Gasteiger partial charge in [-0.05, 0) is 0 Å². The van der Waals surface area contributed by atoms with E-state index in [0.717, 1.165) is 13.1 Å². The minimum Gasteiger partial charge on any atom is -0.369 e. The molecule has 0 aromatic rings. The molecular formula is C5H9N2O. The molecule has 3 heteroatoms. The van der Waals surface area contributed by atoms with E-state index in [0.29, 0.717) is 6.61 Å². The van der Waals surface area contributed by atoms with Gasteiger partial charge in [0.15, 0.2) is 0 Å². The van der Waals surface area contributed by atoms with Gasteiger partial charge in [-0.2, -0.15) is 0 Å². The highest BCUT2D eigenvalue weighted by atomic mass is 16.5. The number of ether oxygens (including phenoxy) is 1. The lowest BCUT2D eigenvalue weighted by molar-refractivity contribution is 0.0737. The quantitative estimate of drug-likeness (QED) is 0.450. The monoisotopic (exact) mass is 113 g/mol. The first-order chi connectivity index (χ1) is 3.93. The summed E-state index contributed by atoms with van der Waals surface area (Å²) in [5, 5.41) is 9.76. The van der Waals surface area contributed by atoms with Crippen LogP contribution in [-0.2, 0) is 4.74 Å². The lowest BCUT2D eigenvalue weighted by Crippen LogP contribution is -2.39. The highest BCUT2D eigenvalue weighted by Crippen LogP contribution is 1.89. The van der Waals surface area contributed by atoms with Crippen molar-refractivity contribution in [3.63, 3.8) is 0 Å². The lowest BCUT2D eigenvalue weighted by Gasteiger charge is -2.18. The molecule has 1 unspecified atom stereocenters. The van der Waals surface area contributed by atoms with Crippen LogP contribution in [-0.4, -0.2) is 32.0 Å². The van der Waals surface area contributed by atoms with E-state index in [-0.39, 0.29) is 6.10 Å². The van der Waals surface area contributed by atoms with Crippen LogP contribution in [0.5, 0.6) is 0 Å². The molecule has 1 fully saturated rings. The highest BCUT2D eigenvalue weighted by molar-refractivity contribution is 5.59. The smallest absolute Gasteiger partial charge is 0.113 e. The second kappa shape index (κ2) is 2.79. The predicted octanol–water partition coefficient (Wildman–Crippen LogP) is -0.499. The Hall–Kier alpha value is -0.410. The summed E-state index contributed by atoms with van der Waals surface area (Å²) < 4.78 is 5.07. The van der Waals surface area contributed by atoms with Gasteiger partial charge in [0.1, 0.15) is 6.10 Å². The third kappa shape index (κ3) is 1.28. The fourth-order valence-electron chi connectivity index (χ4n) is 0.658. The third-order valence-electron chi connectivity index (χ3n) is 1.09. The summed E-state index contributed by atoms with van der Waals surface area (Å²) in [6.07, 6.45) is 2.16. The Kier molecular flexibility index (Phi) is 2.00. The Labute approximate surface area is 48.5 Å². The van der Waals surface area contributed by atoms with Gasteiger partial charge in [-0.3, -0.25) is 0 Å². The summed E-state index contributed by atoms with van der Waals surface area (Å²) in [5.74, 6) is 0. The molecule has 0 bridgehead atoms. The Balaban J connectivity index is 2.22. The average molecular weight is 113 g/mol. The lowest BCUT2D eigenvalue weighted by atomic mass is 10.3. The highest BCUT2D eigenvalue weighted by Gasteiger charge is 2.08. The molecule has 0 aromatic carbocycles. The topological polar surface area (TPSA) is 45.1 Å². The van der Waals surface area contributed by atoms with Crippen LogP contribution in [0, 0.1) is 5.41 Å². The van der Waals surface area contributed by atoms with Crippen molar-refractivity contribution in [1.29, 1.82) is 5.41 Å². The van der Waals surface area contributed by atoms with Gasteiger partial charge >= 0.3 is 0 Å². The zero-order chi connectivity index (χ0) is 5.82. The molecule has 1 rings (SSSR count). The van der Waals surface area contributed by atoms with E-state index in [9.17, 15) is 0 Å². The Morgan fingerprint density at radius 1 is 1.75 bits per heavy atom. The van der Waals surface area contributed by atoms with E-state index in [1.807, 2.05) is 0 Å². The molecule has 45 valence electrons. The largest absolute Gasteiger partial charge is 0.369 e. The van der Waals surface area contributed by atoms with Gasteiger partial charge in [0, 0.05) is 13.1 Å². The van der Waals surface area contributed by atoms with E-state index >= 15 is 0 Å². The molecule has 1 aliphatic heterocycles. The van der Waals surface area contributed by atoms with Crippen LogP contribution in [0.3, 0.4) is 0 Å². The van der Waals surface area contributed by atoms with E-state index in [1.54, 1.807) is 0 Å². The Bertz CT molecular complexity index is 78.5. The SMILES string of the molecule is N=[C]C1CNCCO1. The maximum Gasteiger partial charge on any atom is 0.113 e. The van der Waals surface area contributed by atoms with Crippen molar-refractivity contribution in [3.8, 4) is 0 Å². The van der Waals surface area contributed by atoms with Gasteiger partial charge < -0.3 is 15.5 Å². The van der Waals surface area contributed by atoms with Crippen LogP contribution in [0.4, 0.5) is 0 Å². The molecule has 3 nitrogen and oxygen atoms in total. The summed E-state index contributed by atoms with van der Waals surface area (Å²) in [6, 6.07) is 0. The molecule has 8 heavy (non-hydrogen) atoms. The van der Waals surface area contributed by atoms with Crippen LogP contribution in [0.1, 0.15) is 0 Å². The first kappa shape index (κ1) is 5.72. The van der Waals surface area contributed by atoms with Crippen molar-refractivity contribution >= 4 is 6.21 Å². The summed E-state index contributed by atoms with van der Waals surface area (Å²) in [4.78, 5) is 0. The normalized spacial score (nSPS) is 29.8. The number of hydrogen-bond acceptors (Lipinski definition) is 3. The molecule has 0 amide bonds. The summed E-state index contributed by atoms with van der Waals surface area (Å²) in [6.45, 7) is 2.35. The van der Waals surface area contributed by atoms with E-state index in [1.165, 1.54) is 0 Å². The van der Waals surface area contributed by atoms with Crippen LogP contribution in [0.25, 0.3) is 0 Å². The number of hydrogen-bond donors (Lipinski definition) is 2. The van der Waals surface area contributed by atoms with Crippen molar-refractivity contribution in [1.82, 2.24) is 5.32 Å². The molecule has 0 aliphatic carbocycles. The first-order valence-electron chi connectivity index (χ1n) is 2.68. The van der Waals surface area contributed by atoms with Crippen molar-refractivity contribution in [2.75, 3.05) is 19.7 Å². The van der Waals surface area contributed by atoms with Crippen molar-refractivity contribution < 1.29 is 4.74 Å². The minimum atomic E-state index is -0.108. The molecule has 0 spiro atoms. The first-order valence-corrected chi connectivity index (χ1v) is 2.68. The van der Waals surface area contributed by atoms with E-state index in [2.05, 4.69) is 11.5 Å². The molecule has 0 aromatic heterocycles. The van der Waals surface area contributed by atoms with Gasteiger partial charge in [0.2, 0.25) is 0 Å². The van der Waals surface area contributed by atoms with E-state index in [4.69, 9.17) is 10.1 Å². The van der Waals surface area contributed by atoms with Crippen molar-refractivity contribution in [2.24, 2.45) is 0 Å². The second-order valence-corrected chi connectivity index (χ2v) is 1.71. The summed E-state index contributed by atoms with van der Waals surface area (Å²) >= 11 is 0. The van der Waals surface area contributed by atoms with Gasteiger partial charge in [-0.1, -0.05) is 0 Å². The van der Waals surface area contributed by atoms with Gasteiger partial charge in [0.05, 0.1) is 12.8 Å². The minimum absolute atomic E-state index is 0.108. The molecule has 1 atom stereocenters. The van der Waals surface area contributed by atoms with Crippen LogP contribution in [0.15, 0.2) is 0 Å². The van der Waals surface area contributed by atoms with Gasteiger partial charge in [0.25, 0.3) is 0 Å². The average Bonchev–Trinajstić information content (AvgIpc) is 1.90. The van der Waals surface area contributed by atoms with Crippen molar-refractivity contribution in [2.45, 2.75) is 6.10 Å². The molecule has 1 saturated heterocycles. The number of morpholine rings is 1. The van der Waals surface area contributed by atoms with Gasteiger partial charge in [-0.15, -0.1) is 0 Å². The fraction of sp³-hybridized carbons (Fsp3) is 0.800. The maximum atomic E-state index is 6.68. The molecule has 2 N–H and O–H groups in total. The molecule has 1 radical (unpaired) electrons. The Morgan fingerprint density at radius 3 is 3.00 bits per heavy atom. The van der Waals surface area contributed by atoms with Crippen LogP contribution >= 0.6 is 0 Å². The number of rotatable bonds is 1.